The van der Waals surface area contributed by atoms with Crippen molar-refractivity contribution in [2.75, 3.05) is 7.11 Å². The highest BCUT2D eigenvalue weighted by molar-refractivity contribution is 5.69. The van der Waals surface area contributed by atoms with Crippen molar-refractivity contribution in [2.24, 2.45) is 5.73 Å². The van der Waals surface area contributed by atoms with Crippen LogP contribution >= 0.6 is 0 Å². The summed E-state index contributed by atoms with van der Waals surface area (Å²) < 4.78 is 4.53. The van der Waals surface area contributed by atoms with Crippen LogP contribution in [0.15, 0.2) is 18.7 Å². The zero-order valence-corrected chi connectivity index (χ0v) is 8.72. The summed E-state index contributed by atoms with van der Waals surface area (Å²) in [5.74, 6) is -0.227. The fourth-order valence-corrected chi connectivity index (χ4v) is 1.25. The first-order chi connectivity index (χ1) is 7.22. The minimum atomic E-state index is -0.227. The van der Waals surface area contributed by atoms with Crippen LogP contribution in [0.5, 0.6) is 0 Å². The maximum atomic E-state index is 10.9. The summed E-state index contributed by atoms with van der Waals surface area (Å²) in [5, 5.41) is 0. The molecule has 1 atom stereocenters. The molecule has 1 rings (SSSR count). The summed E-state index contributed by atoms with van der Waals surface area (Å²) in [6, 6.07) is -0.0601. The van der Waals surface area contributed by atoms with Crippen LogP contribution in [0, 0.1) is 0 Å². The second kappa shape index (κ2) is 6.08. The predicted octanol–water partition coefficient (Wildman–Crippen LogP) is 0.300. The molecule has 15 heavy (non-hydrogen) atoms. The van der Waals surface area contributed by atoms with Crippen LogP contribution in [0.4, 0.5) is 0 Å². The summed E-state index contributed by atoms with van der Waals surface area (Å²) in [5.41, 5.74) is 6.83. The van der Waals surface area contributed by atoms with Gasteiger partial charge in [0.1, 0.15) is 6.33 Å². The summed E-state index contributed by atoms with van der Waals surface area (Å²) in [6.45, 7) is 0. The summed E-state index contributed by atoms with van der Waals surface area (Å²) in [6.07, 6.45) is 6.57. The Labute approximate surface area is 88.7 Å². The zero-order chi connectivity index (χ0) is 11.1. The number of carbonyl (C=O) groups is 1. The highest BCUT2D eigenvalue weighted by atomic mass is 16.5. The number of rotatable bonds is 5. The second-order valence-electron chi connectivity index (χ2n) is 3.33. The molecule has 1 heterocycles. The molecule has 0 saturated carbocycles. The highest BCUT2D eigenvalue weighted by Gasteiger charge is 2.08. The Morgan fingerprint density at radius 1 is 1.53 bits per heavy atom. The largest absolute Gasteiger partial charge is 0.469 e. The van der Waals surface area contributed by atoms with E-state index in [4.69, 9.17) is 5.73 Å². The SMILES string of the molecule is COC(=O)CCC(N)Cc1cncnc1. The van der Waals surface area contributed by atoms with Gasteiger partial charge in [0.05, 0.1) is 7.11 Å². The molecule has 0 aliphatic heterocycles. The van der Waals surface area contributed by atoms with Gasteiger partial charge in [0.25, 0.3) is 0 Å². The van der Waals surface area contributed by atoms with Crippen molar-refractivity contribution < 1.29 is 9.53 Å². The monoisotopic (exact) mass is 209 g/mol. The van der Waals surface area contributed by atoms with Gasteiger partial charge in [-0.1, -0.05) is 0 Å². The third-order valence-electron chi connectivity index (χ3n) is 2.06. The molecule has 0 bridgehead atoms. The molecule has 0 amide bonds. The fraction of sp³-hybridized carbons (Fsp3) is 0.500. The second-order valence-corrected chi connectivity index (χ2v) is 3.33. The topological polar surface area (TPSA) is 78.1 Å². The van der Waals surface area contributed by atoms with E-state index in [1.807, 2.05) is 0 Å². The number of methoxy groups -OCH3 is 1. The first kappa shape index (κ1) is 11.6. The number of hydrogen-bond acceptors (Lipinski definition) is 5. The number of aromatic nitrogens is 2. The lowest BCUT2D eigenvalue weighted by atomic mass is 10.1. The van der Waals surface area contributed by atoms with Crippen LogP contribution in [0.3, 0.4) is 0 Å². The number of nitrogens with two attached hydrogens (primary N) is 1. The minimum Gasteiger partial charge on any atom is -0.469 e. The molecule has 0 saturated heterocycles. The Balaban J connectivity index is 2.30. The Bertz CT molecular complexity index is 303. The molecule has 1 aromatic heterocycles. The van der Waals surface area contributed by atoms with E-state index in [0.717, 1.165) is 5.56 Å². The molecular weight excluding hydrogens is 194 g/mol. The molecule has 0 fully saturated rings. The number of ether oxygens (including phenoxy) is 1. The smallest absolute Gasteiger partial charge is 0.305 e. The normalized spacial score (nSPS) is 12.1. The van der Waals surface area contributed by atoms with Gasteiger partial charge in [-0.25, -0.2) is 9.97 Å². The third kappa shape index (κ3) is 4.51. The quantitative estimate of drug-likeness (QED) is 0.705. The van der Waals surface area contributed by atoms with Crippen LogP contribution in [0.25, 0.3) is 0 Å². The van der Waals surface area contributed by atoms with Gasteiger partial charge in [-0.05, 0) is 18.4 Å². The highest BCUT2D eigenvalue weighted by Crippen LogP contribution is 2.03. The molecule has 2 N–H and O–H groups in total. The van der Waals surface area contributed by atoms with Crippen LogP contribution in [0.1, 0.15) is 18.4 Å². The summed E-state index contributed by atoms with van der Waals surface area (Å²) in [4.78, 5) is 18.6. The van der Waals surface area contributed by atoms with Gasteiger partial charge < -0.3 is 10.5 Å². The molecule has 0 radical (unpaired) electrons. The first-order valence-electron chi connectivity index (χ1n) is 4.78. The van der Waals surface area contributed by atoms with Crippen LogP contribution in [-0.2, 0) is 16.0 Å². The van der Waals surface area contributed by atoms with Gasteiger partial charge in [-0.3, -0.25) is 4.79 Å². The molecule has 0 aliphatic carbocycles. The van der Waals surface area contributed by atoms with Gasteiger partial charge in [0, 0.05) is 24.9 Å². The average Bonchev–Trinajstić information content (AvgIpc) is 2.27. The van der Waals surface area contributed by atoms with Crippen molar-refractivity contribution in [1.82, 2.24) is 9.97 Å². The Morgan fingerprint density at radius 3 is 2.80 bits per heavy atom. The molecule has 82 valence electrons. The lowest BCUT2D eigenvalue weighted by Crippen LogP contribution is -2.24. The molecule has 1 aromatic rings. The van der Waals surface area contributed by atoms with E-state index in [1.54, 1.807) is 12.4 Å². The molecule has 5 heteroatoms. The molecule has 0 aromatic carbocycles. The maximum Gasteiger partial charge on any atom is 0.305 e. The number of nitrogens with zero attached hydrogens (tertiary/aromatic N) is 2. The third-order valence-corrected chi connectivity index (χ3v) is 2.06. The average molecular weight is 209 g/mol. The van der Waals surface area contributed by atoms with E-state index in [1.165, 1.54) is 13.4 Å². The van der Waals surface area contributed by atoms with E-state index in [9.17, 15) is 4.79 Å². The Hall–Kier alpha value is -1.49. The van der Waals surface area contributed by atoms with Crippen molar-refractivity contribution in [1.29, 1.82) is 0 Å². The van der Waals surface area contributed by atoms with Gasteiger partial charge in [-0.2, -0.15) is 0 Å². The van der Waals surface area contributed by atoms with Crippen molar-refractivity contribution in [3.63, 3.8) is 0 Å². The van der Waals surface area contributed by atoms with E-state index in [0.29, 0.717) is 19.3 Å². The Morgan fingerprint density at radius 2 is 2.20 bits per heavy atom. The lowest BCUT2D eigenvalue weighted by molar-refractivity contribution is -0.140. The number of esters is 1. The van der Waals surface area contributed by atoms with Crippen LogP contribution < -0.4 is 5.73 Å². The van der Waals surface area contributed by atoms with E-state index >= 15 is 0 Å². The number of hydrogen-bond donors (Lipinski definition) is 1. The molecule has 1 unspecified atom stereocenters. The predicted molar refractivity (Wildman–Crippen MR) is 55.0 cm³/mol. The van der Waals surface area contributed by atoms with Crippen LogP contribution in [0.2, 0.25) is 0 Å². The van der Waals surface area contributed by atoms with Crippen molar-refractivity contribution in [2.45, 2.75) is 25.3 Å². The van der Waals surface area contributed by atoms with Crippen LogP contribution in [-0.4, -0.2) is 29.1 Å². The fourth-order valence-electron chi connectivity index (χ4n) is 1.25. The van der Waals surface area contributed by atoms with Gasteiger partial charge in [-0.15, -0.1) is 0 Å². The Kier molecular flexibility index (Phi) is 4.70. The number of carbonyl (C=O) groups excluding carboxylic acids is 1. The van der Waals surface area contributed by atoms with Gasteiger partial charge in [0.15, 0.2) is 0 Å². The van der Waals surface area contributed by atoms with Crippen molar-refractivity contribution in [3.05, 3.63) is 24.3 Å². The molecule has 5 nitrogen and oxygen atoms in total. The summed E-state index contributed by atoms with van der Waals surface area (Å²) in [7, 11) is 1.37. The lowest BCUT2D eigenvalue weighted by Gasteiger charge is -2.09. The standard InChI is InChI=1S/C10H15N3O2/c1-15-10(14)3-2-9(11)4-8-5-12-7-13-6-8/h5-7,9H,2-4,11H2,1H3. The maximum absolute atomic E-state index is 10.9. The minimum absolute atomic E-state index is 0.0601. The van der Waals surface area contributed by atoms with Crippen molar-refractivity contribution in [3.8, 4) is 0 Å². The molecule has 0 aliphatic rings. The van der Waals surface area contributed by atoms with E-state index in [-0.39, 0.29) is 12.0 Å². The van der Waals surface area contributed by atoms with Gasteiger partial charge >= 0.3 is 5.97 Å². The molecule has 0 spiro atoms. The molecular formula is C10H15N3O2. The van der Waals surface area contributed by atoms with Crippen molar-refractivity contribution >= 4 is 5.97 Å². The first-order valence-corrected chi connectivity index (χ1v) is 4.78. The zero-order valence-electron chi connectivity index (χ0n) is 8.72. The summed E-state index contributed by atoms with van der Waals surface area (Å²) >= 11 is 0. The van der Waals surface area contributed by atoms with E-state index < -0.39 is 0 Å². The van der Waals surface area contributed by atoms with Gasteiger partial charge in [0.2, 0.25) is 0 Å². The van der Waals surface area contributed by atoms with E-state index in [2.05, 4.69) is 14.7 Å².